The molecule has 1 saturated heterocycles. The smallest absolute Gasteiger partial charge is 0.214 e. The van der Waals surface area contributed by atoms with Crippen LogP contribution in [-0.2, 0) is 14.2 Å². The van der Waals surface area contributed by atoms with E-state index in [0.29, 0.717) is 24.8 Å². The summed E-state index contributed by atoms with van der Waals surface area (Å²) in [5.41, 5.74) is 9.58. The van der Waals surface area contributed by atoms with Crippen LogP contribution < -0.4 is 0 Å². The normalized spacial score (nSPS) is 26.8. The number of aromatic nitrogens is 5. The summed E-state index contributed by atoms with van der Waals surface area (Å²) in [5.74, 6) is 3.50. The molecule has 2 fully saturated rings. The number of hydrogen-bond donors (Lipinski definition) is 5. The second-order valence-corrected chi connectivity index (χ2v) is 19.2. The Balaban J connectivity index is 0.969. The summed E-state index contributed by atoms with van der Waals surface area (Å²) in [6.07, 6.45) is 23.9. The topological polar surface area (TPSA) is 166 Å². The minimum Gasteiger partial charge on any atom is -0.469 e. The van der Waals surface area contributed by atoms with E-state index in [4.69, 9.17) is 24.2 Å². The van der Waals surface area contributed by atoms with Crippen LogP contribution in [0, 0.1) is 11.8 Å². The Morgan fingerprint density at radius 2 is 1.81 bits per heavy atom. The van der Waals surface area contributed by atoms with Crippen LogP contribution in [0.5, 0.6) is 0 Å². The number of allylic oxidation sites excluding steroid dienone is 6. The molecule has 5 N–H and O–H groups in total. The van der Waals surface area contributed by atoms with Crippen LogP contribution in [0.3, 0.4) is 0 Å². The minimum absolute atomic E-state index is 0.0485. The van der Waals surface area contributed by atoms with Crippen molar-refractivity contribution in [1.82, 2.24) is 29.4 Å². The number of aromatic amines is 2. The van der Waals surface area contributed by atoms with Gasteiger partial charge in [0.05, 0.1) is 52.7 Å². The molecule has 4 aromatic rings. The monoisotopic (exact) mass is 855 g/mol. The first kappa shape index (κ1) is 42.1. The van der Waals surface area contributed by atoms with Gasteiger partial charge in [0.25, 0.3) is 0 Å². The molecule has 3 aliphatic heterocycles. The number of aliphatic hydroxyl groups is 3. The molecule has 10 rings (SSSR count). The molecule has 0 spiro atoms. The maximum absolute atomic E-state index is 10.6. The molecule has 3 aromatic heterocycles. The third-order valence-corrected chi connectivity index (χ3v) is 14.0. The molecular weight excluding hydrogens is 795 g/mol. The maximum atomic E-state index is 10.6. The highest BCUT2D eigenvalue weighted by Gasteiger charge is 2.37. The number of rotatable bonds is 12. The lowest BCUT2D eigenvalue weighted by Crippen LogP contribution is -2.34. The molecule has 63 heavy (non-hydrogen) atoms. The van der Waals surface area contributed by atoms with Crippen LogP contribution in [0.1, 0.15) is 133 Å². The van der Waals surface area contributed by atoms with Crippen molar-refractivity contribution in [3.8, 4) is 11.3 Å². The number of likely N-dealkylation sites (tertiary alicyclic amines) is 1. The third-order valence-electron chi connectivity index (χ3n) is 14.0. The van der Waals surface area contributed by atoms with E-state index in [-0.39, 0.29) is 29.9 Å². The molecule has 7 unspecified atom stereocenters. The first-order valence-corrected chi connectivity index (χ1v) is 23.0. The summed E-state index contributed by atoms with van der Waals surface area (Å²) in [5, 5.41) is 31.7. The Bertz CT molecular complexity index is 2530. The Hall–Kier alpha value is -4.89. The fourth-order valence-corrected chi connectivity index (χ4v) is 10.9. The van der Waals surface area contributed by atoms with Gasteiger partial charge in [-0.3, -0.25) is 4.99 Å². The van der Waals surface area contributed by atoms with Gasteiger partial charge in [0, 0.05) is 60.8 Å². The summed E-state index contributed by atoms with van der Waals surface area (Å²) < 4.78 is 21.1. The van der Waals surface area contributed by atoms with Crippen molar-refractivity contribution in [3.63, 3.8) is 0 Å². The number of methoxy groups -OCH3 is 1. The van der Waals surface area contributed by atoms with Crippen LogP contribution in [0.2, 0.25) is 0 Å². The first-order chi connectivity index (χ1) is 30.5. The second kappa shape index (κ2) is 17.2. The zero-order valence-corrected chi connectivity index (χ0v) is 36.8. The molecule has 0 radical (unpaired) electrons. The van der Waals surface area contributed by atoms with Gasteiger partial charge in [-0.05, 0) is 125 Å². The lowest BCUT2D eigenvalue weighted by Gasteiger charge is -2.37. The largest absolute Gasteiger partial charge is 0.469 e. The van der Waals surface area contributed by atoms with Gasteiger partial charge in [-0.1, -0.05) is 30.7 Å². The van der Waals surface area contributed by atoms with Gasteiger partial charge < -0.3 is 44.1 Å². The van der Waals surface area contributed by atoms with Crippen molar-refractivity contribution >= 4 is 28.3 Å². The Morgan fingerprint density at radius 3 is 2.65 bits per heavy atom. The van der Waals surface area contributed by atoms with E-state index in [2.05, 4.69) is 68.1 Å². The first-order valence-electron chi connectivity index (χ1n) is 23.0. The molecule has 0 amide bonds. The average molecular weight is 856 g/mol. The number of aliphatic hydroxyl groups excluding tert-OH is 2. The molecule has 13 nitrogen and oxygen atoms in total. The lowest BCUT2D eigenvalue weighted by molar-refractivity contribution is -0.169. The number of nitrogens with zero attached hydrogens (tertiary/aromatic N) is 5. The Labute approximate surface area is 369 Å². The highest BCUT2D eigenvalue weighted by atomic mass is 16.6. The summed E-state index contributed by atoms with van der Waals surface area (Å²) in [6.45, 7) is 6.55. The number of nitrogens with one attached hydrogen (secondary N) is 2. The molecular formula is C50H61N7O6. The summed E-state index contributed by atoms with van der Waals surface area (Å²) >= 11 is 0. The van der Waals surface area contributed by atoms with Crippen molar-refractivity contribution in [2.75, 3.05) is 13.7 Å². The molecule has 1 aromatic carbocycles. The number of hydrogen-bond acceptors (Lipinski definition) is 10. The lowest BCUT2D eigenvalue weighted by atomic mass is 9.87. The zero-order chi connectivity index (χ0) is 43.4. The summed E-state index contributed by atoms with van der Waals surface area (Å²) in [7, 11) is 1.73. The standard InChI is InChI=1S/C50H61N7O6/c1-50(2,3)63-45(58)18-15-29-8-6-11-37(29)46-52-27-39(54-46)31-14-17-41-34(21-31)23-43-38-16-13-32(40-28-53-47(55-40)42-12-7-19-56(42)49(59)60)24-44(38)62-48(57(41)43)33-10-5-9-30(20-33)35-22-36(61-4)26-51-25-35/h5,9,14,17,20-21,23-29,33,36-37,42,45,48-49,58-60H,6-8,10-13,15-16,18-19,22H2,1-4H3,(H,52,54)(H,53,55). The van der Waals surface area contributed by atoms with Crippen molar-refractivity contribution in [1.29, 1.82) is 0 Å². The van der Waals surface area contributed by atoms with Gasteiger partial charge >= 0.3 is 0 Å². The second-order valence-electron chi connectivity index (χ2n) is 19.2. The van der Waals surface area contributed by atoms with Crippen molar-refractivity contribution in [2.24, 2.45) is 16.8 Å². The van der Waals surface area contributed by atoms with E-state index in [1.807, 2.05) is 45.6 Å². The predicted octanol–water partition coefficient (Wildman–Crippen LogP) is 8.95. The Kier molecular flexibility index (Phi) is 11.5. The summed E-state index contributed by atoms with van der Waals surface area (Å²) in [4.78, 5) is 23.1. The molecule has 6 aliphatic rings. The van der Waals surface area contributed by atoms with E-state index >= 15 is 0 Å². The van der Waals surface area contributed by atoms with Gasteiger partial charge in [-0.25, -0.2) is 14.9 Å². The zero-order valence-electron chi connectivity index (χ0n) is 36.8. The van der Waals surface area contributed by atoms with E-state index in [1.54, 1.807) is 12.0 Å². The molecule has 332 valence electrons. The number of fused-ring (bicyclic) bond motifs is 4. The van der Waals surface area contributed by atoms with Crippen LogP contribution in [0.25, 0.3) is 33.3 Å². The highest BCUT2D eigenvalue weighted by Crippen LogP contribution is 2.48. The van der Waals surface area contributed by atoms with Crippen LogP contribution >= 0.6 is 0 Å². The van der Waals surface area contributed by atoms with E-state index in [1.165, 1.54) is 11.3 Å². The number of ether oxygens (including phenoxy) is 3. The van der Waals surface area contributed by atoms with E-state index < -0.39 is 12.7 Å². The molecule has 13 heteroatoms. The van der Waals surface area contributed by atoms with Crippen LogP contribution in [0.4, 0.5) is 0 Å². The number of benzene rings is 1. The third kappa shape index (κ3) is 8.47. The van der Waals surface area contributed by atoms with Gasteiger partial charge in [0.2, 0.25) is 6.41 Å². The van der Waals surface area contributed by atoms with Crippen molar-refractivity contribution < 1.29 is 29.5 Å². The molecule has 1 saturated carbocycles. The highest BCUT2D eigenvalue weighted by molar-refractivity contribution is 5.91. The van der Waals surface area contributed by atoms with Gasteiger partial charge in [0.15, 0.2) is 12.5 Å². The van der Waals surface area contributed by atoms with Crippen molar-refractivity contribution in [3.05, 3.63) is 107 Å². The van der Waals surface area contributed by atoms with Gasteiger partial charge in [-0.15, -0.1) is 0 Å². The fourth-order valence-electron chi connectivity index (χ4n) is 10.9. The number of H-pyrrole nitrogens is 2. The summed E-state index contributed by atoms with van der Waals surface area (Å²) in [6, 6.07) is 8.90. The number of imidazole rings is 2. The maximum Gasteiger partial charge on any atom is 0.214 e. The van der Waals surface area contributed by atoms with Gasteiger partial charge in [-0.2, -0.15) is 0 Å². The molecule has 3 aliphatic carbocycles. The Morgan fingerprint density at radius 1 is 0.968 bits per heavy atom. The minimum atomic E-state index is -1.51. The fraction of sp³-hybridized carbons (Fsp3) is 0.500. The quantitative estimate of drug-likeness (QED) is 0.0875. The number of aliphatic imine (C=N–C) groups is 1. The predicted molar refractivity (Wildman–Crippen MR) is 243 cm³/mol. The molecule has 6 heterocycles. The average Bonchev–Trinajstić information content (AvgIpc) is 4.14. The molecule has 7 atom stereocenters. The van der Waals surface area contributed by atoms with Gasteiger partial charge in [0.1, 0.15) is 17.4 Å². The van der Waals surface area contributed by atoms with E-state index in [0.717, 1.165) is 126 Å². The molecule has 0 bridgehead atoms. The SMILES string of the molecule is COC1C=NC=C(C2=CC(C3OC4=C(CCC(c5cnc(C6CCCN6C(O)O)[nH]5)=C4)c4cc5cc(-c6cnc(C7CCCC7CCC(O)OC(C)(C)C)[nH]6)ccc5n43)CC=C2)C1. The van der Waals surface area contributed by atoms with Crippen LogP contribution in [0.15, 0.2) is 89.1 Å². The van der Waals surface area contributed by atoms with E-state index in [9.17, 15) is 15.3 Å². The van der Waals surface area contributed by atoms with Crippen LogP contribution in [-0.4, -0.2) is 89.0 Å². The van der Waals surface area contributed by atoms with Crippen molar-refractivity contribution in [2.45, 2.75) is 134 Å².